The van der Waals surface area contributed by atoms with Crippen molar-refractivity contribution in [2.24, 2.45) is 0 Å². The van der Waals surface area contributed by atoms with E-state index in [9.17, 15) is 4.79 Å². The zero-order chi connectivity index (χ0) is 19.9. The van der Waals surface area contributed by atoms with E-state index >= 15 is 0 Å². The highest BCUT2D eigenvalue weighted by Crippen LogP contribution is 2.24. The summed E-state index contributed by atoms with van der Waals surface area (Å²) >= 11 is 0. The third-order valence-electron chi connectivity index (χ3n) is 5.31. The number of nitrogens with one attached hydrogen (secondary N) is 1. The molecule has 0 saturated carbocycles. The molecule has 1 aromatic heterocycles. The molecule has 3 aromatic rings. The molecule has 4 rings (SSSR count). The van der Waals surface area contributed by atoms with Crippen molar-refractivity contribution >= 4 is 5.91 Å². The molecular weight excluding hydrogens is 364 g/mol. The Morgan fingerprint density at radius 2 is 1.69 bits per heavy atom. The molecule has 0 spiro atoms. The molecule has 5 nitrogen and oxygen atoms in total. The predicted octanol–water partition coefficient (Wildman–Crippen LogP) is 4.43. The van der Waals surface area contributed by atoms with E-state index in [0.29, 0.717) is 12.3 Å². The highest BCUT2D eigenvalue weighted by atomic mass is 16.5. The van der Waals surface area contributed by atoms with Gasteiger partial charge >= 0.3 is 0 Å². The Morgan fingerprint density at radius 3 is 2.41 bits per heavy atom. The fraction of sp³-hybridized carbons (Fsp3) is 0.292. The summed E-state index contributed by atoms with van der Waals surface area (Å²) in [5, 5.41) is 3.07. The minimum Gasteiger partial charge on any atom is -0.489 e. The highest BCUT2D eigenvalue weighted by molar-refractivity contribution is 5.92. The van der Waals surface area contributed by atoms with Gasteiger partial charge in [0, 0.05) is 12.1 Å². The number of rotatable bonds is 8. The van der Waals surface area contributed by atoms with Crippen molar-refractivity contribution in [2.75, 3.05) is 19.6 Å². The molecule has 1 N–H and O–H groups in total. The first-order valence-electron chi connectivity index (χ1n) is 10.1. The topological polar surface area (TPSA) is 54.7 Å². The molecule has 1 amide bonds. The number of nitrogens with zero attached hydrogens (tertiary/aromatic N) is 1. The fourth-order valence-electron chi connectivity index (χ4n) is 3.78. The molecular formula is C24H26N2O3. The normalized spacial score (nSPS) is 15.2. The number of furan rings is 1. The Kier molecular flexibility index (Phi) is 6.27. The van der Waals surface area contributed by atoms with Crippen LogP contribution in [0.4, 0.5) is 0 Å². The number of hydrogen-bond acceptors (Lipinski definition) is 4. The summed E-state index contributed by atoms with van der Waals surface area (Å²) in [6.07, 6.45) is 3.95. The Bertz CT molecular complexity index is 902. The molecule has 1 atom stereocenters. The van der Waals surface area contributed by atoms with Gasteiger partial charge in [0.15, 0.2) is 5.76 Å². The lowest BCUT2D eigenvalue weighted by Crippen LogP contribution is -2.37. The van der Waals surface area contributed by atoms with Crippen LogP contribution in [0.3, 0.4) is 0 Å². The second-order valence-electron chi connectivity index (χ2n) is 7.26. The van der Waals surface area contributed by atoms with Gasteiger partial charge in [-0.3, -0.25) is 9.69 Å². The second-order valence-corrected chi connectivity index (χ2v) is 7.26. The zero-order valence-electron chi connectivity index (χ0n) is 16.4. The summed E-state index contributed by atoms with van der Waals surface area (Å²) in [6.45, 7) is 2.96. The standard InChI is InChI=1S/C24H26N2O3/c27-24(23-20(13-16-28-23)18-29-21-11-5-2-6-12-21)25-17-22(26-14-7-8-15-26)19-9-3-1-4-10-19/h1-6,9-13,16,22H,7-8,14-15,17-18H2,(H,25,27). The molecule has 1 fully saturated rings. The predicted molar refractivity (Wildman–Crippen MR) is 112 cm³/mol. The molecule has 150 valence electrons. The van der Waals surface area contributed by atoms with Gasteiger partial charge in [-0.05, 0) is 49.7 Å². The number of amides is 1. The van der Waals surface area contributed by atoms with Gasteiger partial charge in [-0.1, -0.05) is 48.5 Å². The van der Waals surface area contributed by atoms with Crippen LogP contribution in [0.25, 0.3) is 0 Å². The first-order valence-corrected chi connectivity index (χ1v) is 10.1. The zero-order valence-corrected chi connectivity index (χ0v) is 16.4. The Hall–Kier alpha value is -3.05. The largest absolute Gasteiger partial charge is 0.489 e. The number of carbonyl (C=O) groups excluding carboxylic acids is 1. The van der Waals surface area contributed by atoms with Crippen molar-refractivity contribution in [3.8, 4) is 5.75 Å². The average Bonchev–Trinajstić information content (AvgIpc) is 3.46. The van der Waals surface area contributed by atoms with E-state index < -0.39 is 0 Å². The maximum absolute atomic E-state index is 12.8. The van der Waals surface area contributed by atoms with Gasteiger partial charge < -0.3 is 14.5 Å². The van der Waals surface area contributed by atoms with Gasteiger partial charge in [-0.15, -0.1) is 0 Å². The first kappa shape index (κ1) is 19.3. The summed E-state index contributed by atoms with van der Waals surface area (Å²) in [6, 6.07) is 21.9. The summed E-state index contributed by atoms with van der Waals surface area (Å²) in [4.78, 5) is 15.3. The third kappa shape index (κ3) is 4.87. The van der Waals surface area contributed by atoms with Crippen LogP contribution in [0.5, 0.6) is 5.75 Å². The van der Waals surface area contributed by atoms with E-state index in [-0.39, 0.29) is 18.6 Å². The average molecular weight is 390 g/mol. The first-order chi connectivity index (χ1) is 14.3. The van der Waals surface area contributed by atoms with Crippen LogP contribution >= 0.6 is 0 Å². The molecule has 0 bridgehead atoms. The van der Waals surface area contributed by atoms with Crippen LogP contribution in [-0.4, -0.2) is 30.4 Å². The van der Waals surface area contributed by atoms with Gasteiger partial charge in [0.2, 0.25) is 0 Å². The van der Waals surface area contributed by atoms with Crippen molar-refractivity contribution in [3.05, 3.63) is 89.9 Å². The molecule has 0 radical (unpaired) electrons. The van der Waals surface area contributed by atoms with Crippen LogP contribution in [0, 0.1) is 0 Å². The van der Waals surface area contributed by atoms with Crippen LogP contribution in [-0.2, 0) is 6.61 Å². The third-order valence-corrected chi connectivity index (χ3v) is 5.31. The monoisotopic (exact) mass is 390 g/mol. The molecule has 1 unspecified atom stereocenters. The van der Waals surface area contributed by atoms with Gasteiger partial charge in [0.25, 0.3) is 5.91 Å². The Labute approximate surface area is 171 Å². The molecule has 1 aliphatic heterocycles. The lowest BCUT2D eigenvalue weighted by molar-refractivity contribution is 0.0906. The quantitative estimate of drug-likeness (QED) is 0.618. The van der Waals surface area contributed by atoms with E-state index in [1.807, 2.05) is 48.5 Å². The number of carbonyl (C=O) groups is 1. The lowest BCUT2D eigenvalue weighted by Gasteiger charge is -2.28. The molecule has 2 heterocycles. The van der Waals surface area contributed by atoms with Crippen molar-refractivity contribution in [3.63, 3.8) is 0 Å². The minimum atomic E-state index is -0.207. The number of hydrogen-bond donors (Lipinski definition) is 1. The van der Waals surface area contributed by atoms with Gasteiger partial charge in [-0.25, -0.2) is 0 Å². The van der Waals surface area contributed by atoms with Crippen molar-refractivity contribution < 1.29 is 13.9 Å². The SMILES string of the molecule is O=C(NCC(c1ccccc1)N1CCCC1)c1occc1COc1ccccc1. The molecule has 1 aliphatic rings. The van der Waals surface area contributed by atoms with E-state index in [1.165, 1.54) is 24.7 Å². The van der Waals surface area contributed by atoms with Crippen molar-refractivity contribution in [1.29, 1.82) is 0 Å². The van der Waals surface area contributed by atoms with Gasteiger partial charge in [0.05, 0.1) is 12.3 Å². The van der Waals surface area contributed by atoms with Gasteiger partial charge in [0.1, 0.15) is 12.4 Å². The smallest absolute Gasteiger partial charge is 0.287 e. The van der Waals surface area contributed by atoms with Gasteiger partial charge in [-0.2, -0.15) is 0 Å². The minimum absolute atomic E-state index is 0.168. The number of likely N-dealkylation sites (tertiary alicyclic amines) is 1. The number of benzene rings is 2. The summed E-state index contributed by atoms with van der Waals surface area (Å²) in [7, 11) is 0. The number of para-hydroxylation sites is 1. The Balaban J connectivity index is 1.40. The van der Waals surface area contributed by atoms with Crippen LogP contribution in [0.1, 0.15) is 40.6 Å². The van der Waals surface area contributed by atoms with Crippen LogP contribution < -0.4 is 10.1 Å². The van der Waals surface area contributed by atoms with Crippen LogP contribution in [0.2, 0.25) is 0 Å². The second kappa shape index (κ2) is 9.43. The summed E-state index contributed by atoms with van der Waals surface area (Å²) in [5.74, 6) is 0.870. The Morgan fingerprint density at radius 1 is 1.00 bits per heavy atom. The van der Waals surface area contributed by atoms with Crippen molar-refractivity contribution in [2.45, 2.75) is 25.5 Å². The molecule has 2 aromatic carbocycles. The summed E-state index contributed by atoms with van der Waals surface area (Å²) in [5.41, 5.74) is 1.96. The van der Waals surface area contributed by atoms with Crippen molar-refractivity contribution in [1.82, 2.24) is 10.2 Å². The molecule has 0 aliphatic carbocycles. The van der Waals surface area contributed by atoms with E-state index in [0.717, 1.165) is 24.4 Å². The van der Waals surface area contributed by atoms with Crippen LogP contribution in [0.15, 0.2) is 77.4 Å². The van der Waals surface area contributed by atoms with E-state index in [1.54, 1.807) is 6.07 Å². The molecule has 29 heavy (non-hydrogen) atoms. The fourth-order valence-corrected chi connectivity index (χ4v) is 3.78. The number of ether oxygens (including phenoxy) is 1. The summed E-state index contributed by atoms with van der Waals surface area (Å²) < 4.78 is 11.2. The molecule has 5 heteroatoms. The molecule has 1 saturated heterocycles. The lowest BCUT2D eigenvalue weighted by atomic mass is 10.1. The maximum Gasteiger partial charge on any atom is 0.287 e. The van der Waals surface area contributed by atoms with E-state index in [4.69, 9.17) is 9.15 Å². The van der Waals surface area contributed by atoms with E-state index in [2.05, 4.69) is 22.3 Å². The highest BCUT2D eigenvalue weighted by Gasteiger charge is 2.25. The maximum atomic E-state index is 12.8.